The van der Waals surface area contributed by atoms with E-state index in [1.54, 1.807) is 0 Å². The molecule has 1 aromatic carbocycles. The zero-order chi connectivity index (χ0) is 12.4. The number of rotatable bonds is 3. The second-order valence-electron chi connectivity index (χ2n) is 3.92. The predicted molar refractivity (Wildman–Crippen MR) is 68.3 cm³/mol. The molecule has 0 N–H and O–H groups in total. The Labute approximate surface area is 111 Å². The monoisotopic (exact) mass is 362 g/mol. The highest BCUT2D eigenvalue weighted by Gasteiger charge is 2.30. The lowest BCUT2D eigenvalue weighted by atomic mass is 10.0. The molecule has 0 amide bonds. The Morgan fingerprint density at radius 2 is 1.69 bits per heavy atom. The van der Waals surface area contributed by atoms with Crippen LogP contribution in [0.2, 0.25) is 0 Å². The summed E-state index contributed by atoms with van der Waals surface area (Å²) in [6.07, 6.45) is -3.71. The van der Waals surface area contributed by atoms with E-state index in [1.165, 1.54) is 12.1 Å². The van der Waals surface area contributed by atoms with E-state index in [0.717, 1.165) is 22.1 Å². The fourth-order valence-corrected chi connectivity index (χ4v) is 1.71. The summed E-state index contributed by atoms with van der Waals surface area (Å²) in [7, 11) is 0. The lowest BCUT2D eigenvalue weighted by Crippen LogP contribution is -2.21. The molecule has 16 heavy (non-hydrogen) atoms. The molecule has 1 unspecified atom stereocenters. The first-order chi connectivity index (χ1) is 7.24. The van der Waals surface area contributed by atoms with Crippen molar-refractivity contribution in [2.75, 3.05) is 4.43 Å². The summed E-state index contributed by atoms with van der Waals surface area (Å²) in [5.74, 6) is 0. The molecule has 1 aromatic rings. The number of hydrogen-bond acceptors (Lipinski definition) is 0. The summed E-state index contributed by atoms with van der Waals surface area (Å²) in [6, 6.07) is 5.15. The molecule has 0 saturated heterocycles. The van der Waals surface area contributed by atoms with E-state index in [9.17, 15) is 13.2 Å². The average Bonchev–Trinajstić information content (AvgIpc) is 2.16. The third kappa shape index (κ3) is 4.13. The minimum atomic E-state index is -4.27. The molecule has 90 valence electrons. The molecule has 0 aliphatic rings. The van der Waals surface area contributed by atoms with E-state index in [0.29, 0.717) is 6.42 Å². The fraction of sp³-hybridized carbons (Fsp3) is 0.455. The van der Waals surface area contributed by atoms with Crippen molar-refractivity contribution in [2.45, 2.75) is 24.4 Å². The van der Waals surface area contributed by atoms with Crippen LogP contribution in [-0.4, -0.2) is 9.30 Å². The molecule has 1 atom stereocenters. The lowest BCUT2D eigenvalue weighted by molar-refractivity contribution is -0.137. The van der Waals surface area contributed by atoms with Crippen molar-refractivity contribution < 1.29 is 13.2 Å². The van der Waals surface area contributed by atoms with Crippen molar-refractivity contribution >= 4 is 34.2 Å². The zero-order valence-corrected chi connectivity index (χ0v) is 11.5. The van der Waals surface area contributed by atoms with Crippen molar-refractivity contribution in [3.05, 3.63) is 35.4 Å². The van der Waals surface area contributed by atoms with Crippen LogP contribution in [0.15, 0.2) is 24.3 Å². The van der Waals surface area contributed by atoms with Gasteiger partial charge in [0, 0.05) is 4.43 Å². The van der Waals surface area contributed by atoms with Crippen LogP contribution in [0.5, 0.6) is 0 Å². The minimum Gasteiger partial charge on any atom is -0.166 e. The molecule has 0 spiro atoms. The van der Waals surface area contributed by atoms with Gasteiger partial charge in [0.1, 0.15) is 0 Å². The molecule has 0 aliphatic carbocycles. The summed E-state index contributed by atoms with van der Waals surface area (Å²) in [5.41, 5.74) is 0.198. The molecule has 0 saturated carbocycles. The highest BCUT2D eigenvalue weighted by molar-refractivity contribution is 14.1. The number of benzene rings is 1. The molecule has 1 rings (SSSR count). The Hall–Kier alpha value is 0.0300. The Balaban J connectivity index is 2.80. The Morgan fingerprint density at radius 3 is 2.06 bits per heavy atom. The van der Waals surface area contributed by atoms with Gasteiger partial charge < -0.3 is 0 Å². The van der Waals surface area contributed by atoms with Crippen molar-refractivity contribution in [2.24, 2.45) is 0 Å². The smallest absolute Gasteiger partial charge is 0.166 e. The van der Waals surface area contributed by atoms with E-state index in [4.69, 9.17) is 11.6 Å². The van der Waals surface area contributed by atoms with E-state index in [-0.39, 0.29) is 0 Å². The molecule has 0 fully saturated rings. The van der Waals surface area contributed by atoms with Crippen LogP contribution in [0, 0.1) is 0 Å². The van der Waals surface area contributed by atoms with Gasteiger partial charge >= 0.3 is 6.18 Å². The molecular weight excluding hydrogens is 351 g/mol. The quantitative estimate of drug-likeness (QED) is 0.541. The van der Waals surface area contributed by atoms with Crippen molar-refractivity contribution in [3.63, 3.8) is 0 Å². The fourth-order valence-electron chi connectivity index (χ4n) is 1.28. The molecular formula is C11H11ClF3I. The van der Waals surface area contributed by atoms with E-state index in [2.05, 4.69) is 22.6 Å². The summed E-state index contributed by atoms with van der Waals surface area (Å²) in [5, 5.41) is 0. The first kappa shape index (κ1) is 14.1. The Morgan fingerprint density at radius 1 is 1.19 bits per heavy atom. The zero-order valence-electron chi connectivity index (χ0n) is 8.61. The van der Waals surface area contributed by atoms with Gasteiger partial charge in [0.2, 0.25) is 0 Å². The SMILES string of the molecule is CC(Cl)(CI)Cc1ccc(C(F)(F)F)cc1. The second-order valence-corrected chi connectivity index (χ2v) is 5.59. The molecule has 0 nitrogen and oxygen atoms in total. The van der Waals surface area contributed by atoms with Gasteiger partial charge in [-0.1, -0.05) is 34.7 Å². The maximum absolute atomic E-state index is 12.3. The predicted octanol–water partition coefficient (Wildman–Crippen LogP) is 4.68. The van der Waals surface area contributed by atoms with Gasteiger partial charge in [-0.05, 0) is 31.0 Å². The molecule has 0 radical (unpaired) electrons. The van der Waals surface area contributed by atoms with E-state index >= 15 is 0 Å². The van der Waals surface area contributed by atoms with Gasteiger partial charge in [-0.15, -0.1) is 11.6 Å². The number of alkyl halides is 5. The maximum atomic E-state index is 12.3. The Bertz CT molecular complexity index is 343. The second kappa shape index (κ2) is 5.12. The topological polar surface area (TPSA) is 0 Å². The molecule has 0 aromatic heterocycles. The van der Waals surface area contributed by atoms with Crippen LogP contribution in [0.1, 0.15) is 18.1 Å². The molecule has 5 heteroatoms. The Kier molecular flexibility index (Phi) is 4.51. The molecule has 0 heterocycles. The van der Waals surface area contributed by atoms with Gasteiger partial charge in [-0.2, -0.15) is 13.2 Å². The summed E-state index contributed by atoms with van der Waals surface area (Å²) >= 11 is 8.32. The van der Waals surface area contributed by atoms with Gasteiger partial charge in [0.15, 0.2) is 0 Å². The minimum absolute atomic E-state index is 0.402. The highest BCUT2D eigenvalue weighted by atomic mass is 127. The van der Waals surface area contributed by atoms with E-state index < -0.39 is 16.6 Å². The van der Waals surface area contributed by atoms with Crippen LogP contribution in [0.3, 0.4) is 0 Å². The summed E-state index contributed by atoms with van der Waals surface area (Å²) < 4.78 is 37.6. The van der Waals surface area contributed by atoms with Gasteiger partial charge in [0.25, 0.3) is 0 Å². The molecule has 0 aliphatic heterocycles. The number of hydrogen-bond donors (Lipinski definition) is 0. The van der Waals surface area contributed by atoms with Gasteiger partial charge in [0.05, 0.1) is 10.4 Å². The summed E-state index contributed by atoms with van der Waals surface area (Å²) in [6.45, 7) is 1.87. The maximum Gasteiger partial charge on any atom is 0.416 e. The van der Waals surface area contributed by atoms with Crippen molar-refractivity contribution in [1.82, 2.24) is 0 Å². The third-order valence-corrected chi connectivity index (χ3v) is 4.53. The van der Waals surface area contributed by atoms with Crippen molar-refractivity contribution in [3.8, 4) is 0 Å². The standard InChI is InChI=1S/C11H11ClF3I/c1-10(12,7-16)6-8-2-4-9(5-3-8)11(13,14)15/h2-5H,6-7H2,1H3. The molecule has 0 bridgehead atoms. The van der Waals surface area contributed by atoms with Crippen LogP contribution in [-0.2, 0) is 12.6 Å². The van der Waals surface area contributed by atoms with Crippen LogP contribution in [0.4, 0.5) is 13.2 Å². The first-order valence-electron chi connectivity index (χ1n) is 4.66. The van der Waals surface area contributed by atoms with Crippen LogP contribution >= 0.6 is 34.2 Å². The summed E-state index contributed by atoms with van der Waals surface area (Å²) in [4.78, 5) is -0.402. The largest absolute Gasteiger partial charge is 0.416 e. The lowest BCUT2D eigenvalue weighted by Gasteiger charge is -2.19. The third-order valence-electron chi connectivity index (χ3n) is 2.13. The van der Waals surface area contributed by atoms with Gasteiger partial charge in [-0.25, -0.2) is 0 Å². The normalized spacial score (nSPS) is 15.9. The average molecular weight is 363 g/mol. The highest BCUT2D eigenvalue weighted by Crippen LogP contribution is 2.30. The number of halogens is 5. The van der Waals surface area contributed by atoms with Crippen LogP contribution in [0.25, 0.3) is 0 Å². The van der Waals surface area contributed by atoms with Crippen molar-refractivity contribution in [1.29, 1.82) is 0 Å². The van der Waals surface area contributed by atoms with E-state index in [1.807, 2.05) is 6.92 Å². The van der Waals surface area contributed by atoms with Gasteiger partial charge in [-0.3, -0.25) is 0 Å². The first-order valence-corrected chi connectivity index (χ1v) is 6.56. The van der Waals surface area contributed by atoms with Crippen LogP contribution < -0.4 is 0 Å².